The van der Waals surface area contributed by atoms with Crippen LogP contribution in [-0.2, 0) is 9.35 Å². The number of hydrogen-bond acceptors (Lipinski definition) is 5. The van der Waals surface area contributed by atoms with Crippen LogP contribution in [0.25, 0.3) is 0 Å². The van der Waals surface area contributed by atoms with Crippen molar-refractivity contribution in [3.63, 3.8) is 0 Å². The molecule has 0 aromatic rings. The molecule has 0 radical (unpaired) electrons. The standard InChI is InChI=1S/H3O5P/c1-6(2,3)4-5-6/h1-3H. The first-order valence-corrected chi connectivity index (χ1v) is 3.06. The minimum atomic E-state index is -4.80. The minimum absolute atomic E-state index is 3.38. The number of rotatable bonds is 0. The summed E-state index contributed by atoms with van der Waals surface area (Å²) in [4.78, 5) is 23.7. The van der Waals surface area contributed by atoms with Gasteiger partial charge >= 0.3 is 31.8 Å². The molecule has 0 atom stereocenters. The molecule has 1 saturated heterocycles. The molecule has 1 fully saturated rings. The molecule has 0 bridgehead atoms. The Morgan fingerprint density at radius 3 is 1.17 bits per heavy atom. The van der Waals surface area contributed by atoms with Crippen molar-refractivity contribution < 1.29 is 24.0 Å². The van der Waals surface area contributed by atoms with Gasteiger partial charge in [0.15, 0.2) is 0 Å². The summed E-state index contributed by atoms with van der Waals surface area (Å²) in [5, 5.41) is 0. The predicted octanol–water partition coefficient (Wildman–Crippen LogP) is -0.947. The third kappa shape index (κ3) is 0.844. The van der Waals surface area contributed by atoms with Crippen LogP contribution in [0.15, 0.2) is 0 Å². The van der Waals surface area contributed by atoms with Crippen LogP contribution in [-0.4, -0.2) is 14.7 Å². The SMILES string of the molecule is OP1(O)(O)OO1. The summed E-state index contributed by atoms with van der Waals surface area (Å²) in [5.41, 5.74) is 0. The summed E-state index contributed by atoms with van der Waals surface area (Å²) in [6.07, 6.45) is 0. The van der Waals surface area contributed by atoms with Gasteiger partial charge in [-0.2, -0.15) is 0 Å². The molecule has 6 heteroatoms. The third-order valence-corrected chi connectivity index (χ3v) is 0.824. The van der Waals surface area contributed by atoms with Crippen LogP contribution in [0.2, 0.25) is 0 Å². The van der Waals surface area contributed by atoms with E-state index in [1.807, 2.05) is 0 Å². The van der Waals surface area contributed by atoms with E-state index in [4.69, 9.17) is 14.7 Å². The fourth-order valence-electron chi connectivity index (χ4n) is 0.0447. The molecule has 0 amide bonds. The van der Waals surface area contributed by atoms with Crippen LogP contribution in [0.4, 0.5) is 0 Å². The monoisotopic (exact) mass is 114 g/mol. The molecule has 0 aromatic heterocycles. The Balaban J connectivity index is 2.67. The Bertz CT molecular complexity index is 67.7. The zero-order valence-corrected chi connectivity index (χ0v) is 3.50. The van der Waals surface area contributed by atoms with Gasteiger partial charge in [0.1, 0.15) is 0 Å². The average Bonchev–Trinajstić information content (AvgIpc) is 1.73. The predicted molar refractivity (Wildman–Crippen MR) is 15.7 cm³/mol. The van der Waals surface area contributed by atoms with Gasteiger partial charge in [-0.05, 0) is 0 Å². The van der Waals surface area contributed by atoms with E-state index in [-0.39, 0.29) is 0 Å². The molecule has 0 spiro atoms. The van der Waals surface area contributed by atoms with Crippen molar-refractivity contribution in [1.82, 2.24) is 0 Å². The van der Waals surface area contributed by atoms with Crippen molar-refractivity contribution in [1.29, 1.82) is 0 Å². The molecule has 0 unspecified atom stereocenters. The van der Waals surface area contributed by atoms with Gasteiger partial charge in [0.05, 0.1) is 0 Å². The molecule has 6 heavy (non-hydrogen) atoms. The maximum absolute atomic E-state index is 7.89. The Labute approximate surface area is 33.0 Å². The summed E-state index contributed by atoms with van der Waals surface area (Å²) in [5.74, 6) is 0. The van der Waals surface area contributed by atoms with Gasteiger partial charge in [-0.1, -0.05) is 0 Å². The second kappa shape index (κ2) is 0.626. The van der Waals surface area contributed by atoms with Crippen molar-refractivity contribution in [3.8, 4) is 0 Å². The van der Waals surface area contributed by atoms with E-state index in [0.717, 1.165) is 0 Å². The molecular formula is H3O5P. The second-order valence-corrected chi connectivity index (χ2v) is 2.95. The topological polar surface area (TPSA) is 85.8 Å². The normalized spacial score (nSPS) is 42.8. The van der Waals surface area contributed by atoms with E-state index in [1.54, 1.807) is 0 Å². The van der Waals surface area contributed by atoms with Crippen LogP contribution in [0.1, 0.15) is 0 Å². The van der Waals surface area contributed by atoms with Gasteiger partial charge in [0.2, 0.25) is 0 Å². The van der Waals surface area contributed by atoms with Crippen LogP contribution in [0.3, 0.4) is 0 Å². The Kier molecular flexibility index (Phi) is 0.458. The van der Waals surface area contributed by atoms with Crippen LogP contribution in [0.5, 0.6) is 0 Å². The van der Waals surface area contributed by atoms with Crippen molar-refractivity contribution in [2.75, 3.05) is 0 Å². The molecule has 1 heterocycles. The van der Waals surface area contributed by atoms with E-state index in [9.17, 15) is 0 Å². The average molecular weight is 114 g/mol. The van der Waals surface area contributed by atoms with E-state index in [0.29, 0.717) is 0 Å². The summed E-state index contributed by atoms with van der Waals surface area (Å²) < 4.78 is 6.76. The Morgan fingerprint density at radius 2 is 1.17 bits per heavy atom. The summed E-state index contributed by atoms with van der Waals surface area (Å²) in [6.45, 7) is 0. The van der Waals surface area contributed by atoms with Crippen LogP contribution < -0.4 is 0 Å². The molecule has 1 aliphatic rings. The Hall–Kier alpha value is 0.230. The number of hydrogen-bond donors (Lipinski definition) is 3. The molecule has 1 rings (SSSR count). The fourth-order valence-corrected chi connectivity index (χ4v) is 0.402. The van der Waals surface area contributed by atoms with E-state index in [1.165, 1.54) is 0 Å². The van der Waals surface area contributed by atoms with Crippen molar-refractivity contribution in [2.24, 2.45) is 0 Å². The molecule has 38 valence electrons. The van der Waals surface area contributed by atoms with Crippen LogP contribution in [0, 0.1) is 0 Å². The molecule has 1 aliphatic heterocycles. The molecule has 3 N–H and O–H groups in total. The summed E-state index contributed by atoms with van der Waals surface area (Å²) in [7, 11) is -4.80. The second-order valence-electron chi connectivity index (χ2n) is 0.982. The molecule has 0 aliphatic carbocycles. The van der Waals surface area contributed by atoms with Crippen molar-refractivity contribution in [2.45, 2.75) is 0 Å². The van der Waals surface area contributed by atoms with Gasteiger partial charge in [-0.15, -0.1) is 0 Å². The quantitative estimate of drug-likeness (QED) is 0.215. The zero-order valence-electron chi connectivity index (χ0n) is 2.61. The van der Waals surface area contributed by atoms with Gasteiger partial charge in [-0.3, -0.25) is 0 Å². The fraction of sp³-hybridized carbons (Fsp3) is 0. The molecule has 0 saturated carbocycles. The zero-order chi connectivity index (χ0) is 4.86. The maximum atomic E-state index is 7.89. The first kappa shape index (κ1) is 4.39. The van der Waals surface area contributed by atoms with Crippen LogP contribution >= 0.6 is 7.74 Å². The molecule has 0 aromatic carbocycles. The summed E-state index contributed by atoms with van der Waals surface area (Å²) in [6, 6.07) is 0. The summed E-state index contributed by atoms with van der Waals surface area (Å²) >= 11 is 0. The van der Waals surface area contributed by atoms with Crippen molar-refractivity contribution >= 4 is 7.74 Å². The van der Waals surface area contributed by atoms with Gasteiger partial charge in [0.25, 0.3) is 0 Å². The van der Waals surface area contributed by atoms with Gasteiger partial charge in [0, 0.05) is 0 Å². The molecular weight excluding hydrogens is 111 g/mol. The van der Waals surface area contributed by atoms with Gasteiger partial charge < -0.3 is 0 Å². The van der Waals surface area contributed by atoms with E-state index >= 15 is 0 Å². The molecule has 5 nitrogen and oxygen atoms in total. The van der Waals surface area contributed by atoms with E-state index in [2.05, 4.69) is 9.35 Å². The Morgan fingerprint density at radius 1 is 1.00 bits per heavy atom. The van der Waals surface area contributed by atoms with E-state index < -0.39 is 7.74 Å². The first-order valence-electron chi connectivity index (χ1n) is 1.13. The third-order valence-electron chi connectivity index (χ3n) is 0.275. The van der Waals surface area contributed by atoms with Crippen molar-refractivity contribution in [3.05, 3.63) is 0 Å². The first-order chi connectivity index (χ1) is 2.47. The van der Waals surface area contributed by atoms with Gasteiger partial charge in [-0.25, -0.2) is 0 Å².